The van der Waals surface area contributed by atoms with Gasteiger partial charge in [0, 0.05) is 18.3 Å². The van der Waals surface area contributed by atoms with Crippen LogP contribution in [0.1, 0.15) is 32.6 Å². The van der Waals surface area contributed by atoms with Crippen molar-refractivity contribution in [3.8, 4) is 0 Å². The average molecular weight is 367 g/mol. The summed E-state index contributed by atoms with van der Waals surface area (Å²) in [5, 5.41) is 6.59. The van der Waals surface area contributed by atoms with Crippen molar-refractivity contribution in [3.63, 3.8) is 0 Å². The third-order valence-corrected chi connectivity index (χ3v) is 4.13. The maximum Gasteiger partial charge on any atom is 0.254 e. The van der Waals surface area contributed by atoms with Gasteiger partial charge in [-0.05, 0) is 49.6 Å². The Labute approximate surface area is 159 Å². The second kappa shape index (κ2) is 8.98. The van der Waals surface area contributed by atoms with E-state index in [-0.39, 0.29) is 18.4 Å². The largest absolute Gasteiger partial charge is 0.399 e. The van der Waals surface area contributed by atoms with E-state index in [4.69, 9.17) is 0 Å². The lowest BCUT2D eigenvalue weighted by molar-refractivity contribution is -0.116. The van der Waals surface area contributed by atoms with E-state index in [0.29, 0.717) is 5.56 Å². The molecule has 0 spiro atoms. The predicted octanol–water partition coefficient (Wildman–Crippen LogP) is 3.30. The molecule has 0 atom stereocenters. The average Bonchev–Trinajstić information content (AvgIpc) is 2.62. The molecule has 0 aliphatic heterocycles. The van der Waals surface area contributed by atoms with Crippen LogP contribution in [0.15, 0.2) is 41.6 Å². The van der Waals surface area contributed by atoms with Gasteiger partial charge >= 0.3 is 0 Å². The van der Waals surface area contributed by atoms with Crippen LogP contribution in [0.4, 0.5) is 5.69 Å². The molecule has 2 amide bonds. The fourth-order valence-corrected chi connectivity index (χ4v) is 2.89. The highest BCUT2D eigenvalue weighted by Gasteiger charge is 2.16. The molecular weight excluding hydrogens is 342 g/mol. The van der Waals surface area contributed by atoms with Gasteiger partial charge in [-0.2, -0.15) is 0 Å². The number of rotatable bonds is 6. The van der Waals surface area contributed by atoms with Gasteiger partial charge < -0.3 is 15.1 Å². The van der Waals surface area contributed by atoms with Gasteiger partial charge in [0.15, 0.2) is 0 Å². The summed E-state index contributed by atoms with van der Waals surface area (Å²) >= 11 is 0. The molecule has 0 heterocycles. The van der Waals surface area contributed by atoms with E-state index in [9.17, 15) is 9.59 Å². The monoisotopic (exact) mass is 367 g/mol. The molecule has 0 bridgehead atoms. The third-order valence-electron chi connectivity index (χ3n) is 4.13. The molecule has 0 radical (unpaired) electrons. The number of hydrogen-bond donors (Lipinski definition) is 1. The maximum atomic E-state index is 12.5. The summed E-state index contributed by atoms with van der Waals surface area (Å²) in [6, 6.07) is 11.0. The number of nitrogens with zero attached hydrogens (tertiary/aromatic N) is 2. The van der Waals surface area contributed by atoms with Crippen LogP contribution >= 0.6 is 0 Å². The maximum absolute atomic E-state index is 12.5. The number of likely N-dealkylation sites (N-methyl/N-ethyl adjacent to an activating group) is 1. The number of carbonyl (C=O) groups excluding carboxylic acids is 2. The Bertz CT molecular complexity index is 834. The Morgan fingerprint density at radius 1 is 1.11 bits per heavy atom. The molecule has 1 N–H and O–H groups in total. The molecular formula is C21H25N3O3. The lowest BCUT2D eigenvalue weighted by Gasteiger charge is -2.18. The van der Waals surface area contributed by atoms with Crippen molar-refractivity contribution in [1.82, 2.24) is 4.90 Å². The minimum Gasteiger partial charge on any atom is -0.399 e. The van der Waals surface area contributed by atoms with E-state index in [1.165, 1.54) is 12.0 Å². The van der Waals surface area contributed by atoms with Gasteiger partial charge in [0.25, 0.3) is 5.91 Å². The topological polar surface area (TPSA) is 71.0 Å². The van der Waals surface area contributed by atoms with Crippen LogP contribution < -0.4 is 5.32 Å². The molecule has 0 aliphatic rings. The molecule has 27 heavy (non-hydrogen) atoms. The highest BCUT2D eigenvalue weighted by Crippen LogP contribution is 2.21. The number of benzene rings is 2. The van der Waals surface area contributed by atoms with Crippen LogP contribution in [0.5, 0.6) is 0 Å². The van der Waals surface area contributed by atoms with Crippen molar-refractivity contribution in [3.05, 3.63) is 64.2 Å². The summed E-state index contributed by atoms with van der Waals surface area (Å²) in [7, 11) is 3.07. The number of amides is 2. The van der Waals surface area contributed by atoms with Crippen LogP contribution in [0.25, 0.3) is 0 Å². The number of carbonyl (C=O) groups is 2. The Morgan fingerprint density at radius 3 is 2.26 bits per heavy atom. The lowest BCUT2D eigenvalue weighted by atomic mass is 10.1. The molecule has 142 valence electrons. The van der Waals surface area contributed by atoms with Crippen molar-refractivity contribution >= 4 is 23.7 Å². The first kappa shape index (κ1) is 20.2. The van der Waals surface area contributed by atoms with Gasteiger partial charge in [-0.3, -0.25) is 9.59 Å². The highest BCUT2D eigenvalue weighted by atomic mass is 16.6. The molecule has 2 aromatic rings. The first-order chi connectivity index (χ1) is 12.8. The number of oxime groups is 1. The highest BCUT2D eigenvalue weighted by molar-refractivity contribution is 6.00. The zero-order chi connectivity index (χ0) is 20.0. The molecule has 0 aromatic heterocycles. The zero-order valence-electron chi connectivity index (χ0n) is 16.4. The van der Waals surface area contributed by atoms with Crippen molar-refractivity contribution in [2.45, 2.75) is 20.8 Å². The first-order valence-corrected chi connectivity index (χ1v) is 8.61. The van der Waals surface area contributed by atoms with Crippen LogP contribution in [-0.2, 0) is 9.63 Å². The molecule has 6 nitrogen and oxygen atoms in total. The standard InChI is InChI=1S/C21H25N3O3/c1-14-10-15(2)20(16(3)11-14)23-19(25)13-24(4)21(26)18-8-6-17(7-9-18)12-22-27-5/h6-12H,13H2,1-5H3,(H,23,25)/b22-12+. The number of nitrogens with one attached hydrogen (secondary N) is 1. The molecule has 0 fully saturated rings. The summed E-state index contributed by atoms with van der Waals surface area (Å²) in [5.74, 6) is -0.456. The Morgan fingerprint density at radius 2 is 1.70 bits per heavy atom. The zero-order valence-corrected chi connectivity index (χ0v) is 16.4. The quantitative estimate of drug-likeness (QED) is 0.629. The smallest absolute Gasteiger partial charge is 0.254 e. The minimum absolute atomic E-state index is 0.0293. The molecule has 0 unspecified atom stereocenters. The van der Waals surface area contributed by atoms with E-state index in [1.807, 2.05) is 32.9 Å². The Hall–Kier alpha value is -3.15. The Kier molecular flexibility index (Phi) is 6.71. The normalized spacial score (nSPS) is 10.7. The third kappa shape index (κ3) is 5.41. The fraction of sp³-hybridized carbons (Fsp3) is 0.286. The van der Waals surface area contributed by atoms with Gasteiger partial charge in [0.05, 0.1) is 12.8 Å². The summed E-state index contributed by atoms with van der Waals surface area (Å²) in [6.45, 7) is 5.90. The predicted molar refractivity (Wildman–Crippen MR) is 107 cm³/mol. The second-order valence-electron chi connectivity index (χ2n) is 6.52. The number of aryl methyl sites for hydroxylation is 3. The van der Waals surface area contributed by atoms with Crippen LogP contribution in [0.2, 0.25) is 0 Å². The van der Waals surface area contributed by atoms with Gasteiger partial charge in [-0.1, -0.05) is 35.0 Å². The van der Waals surface area contributed by atoms with E-state index in [1.54, 1.807) is 37.5 Å². The summed E-state index contributed by atoms with van der Waals surface area (Å²) in [6.07, 6.45) is 1.55. The molecule has 0 saturated heterocycles. The van der Waals surface area contributed by atoms with E-state index >= 15 is 0 Å². The van der Waals surface area contributed by atoms with Crippen molar-refractivity contribution in [2.75, 3.05) is 26.0 Å². The minimum atomic E-state index is -0.232. The number of anilines is 1. The van der Waals surface area contributed by atoms with Crippen LogP contribution in [0, 0.1) is 20.8 Å². The van der Waals surface area contributed by atoms with Gasteiger partial charge in [-0.25, -0.2) is 0 Å². The van der Waals surface area contributed by atoms with Crippen molar-refractivity contribution in [1.29, 1.82) is 0 Å². The van der Waals surface area contributed by atoms with Gasteiger partial charge in [0.1, 0.15) is 7.11 Å². The summed E-state index contributed by atoms with van der Waals surface area (Å²) in [4.78, 5) is 30.9. The second-order valence-corrected chi connectivity index (χ2v) is 6.52. The van der Waals surface area contributed by atoms with Gasteiger partial charge in [-0.15, -0.1) is 0 Å². The Balaban J connectivity index is 2.01. The molecule has 6 heteroatoms. The van der Waals surface area contributed by atoms with E-state index in [0.717, 1.165) is 27.9 Å². The molecule has 0 saturated carbocycles. The molecule has 2 aromatic carbocycles. The fourth-order valence-electron chi connectivity index (χ4n) is 2.89. The molecule has 2 rings (SSSR count). The van der Waals surface area contributed by atoms with Crippen molar-refractivity contribution < 1.29 is 14.4 Å². The number of hydrogen-bond acceptors (Lipinski definition) is 4. The molecule has 0 aliphatic carbocycles. The lowest BCUT2D eigenvalue weighted by Crippen LogP contribution is -2.35. The van der Waals surface area contributed by atoms with Crippen LogP contribution in [0.3, 0.4) is 0 Å². The van der Waals surface area contributed by atoms with Gasteiger partial charge in [0.2, 0.25) is 5.91 Å². The van der Waals surface area contributed by atoms with Crippen LogP contribution in [-0.4, -0.2) is 43.6 Å². The van der Waals surface area contributed by atoms with Crippen molar-refractivity contribution in [2.24, 2.45) is 5.16 Å². The SMILES string of the molecule is CO/N=C/c1ccc(C(=O)N(C)CC(=O)Nc2c(C)cc(C)cc2C)cc1. The van der Waals surface area contributed by atoms with E-state index < -0.39 is 0 Å². The summed E-state index contributed by atoms with van der Waals surface area (Å²) in [5.41, 5.74) is 5.27. The van der Waals surface area contributed by atoms with E-state index in [2.05, 4.69) is 15.3 Å². The first-order valence-electron chi connectivity index (χ1n) is 8.61. The summed E-state index contributed by atoms with van der Waals surface area (Å²) < 4.78 is 0.